The van der Waals surface area contributed by atoms with Gasteiger partial charge in [0.1, 0.15) is 0 Å². The Hall–Kier alpha value is -0.0800. The molecule has 2 heteroatoms. The fraction of sp³-hybridized carbons (Fsp3) is 1.00. The van der Waals surface area contributed by atoms with E-state index in [-0.39, 0.29) is 0 Å². The molecule has 1 fully saturated rings. The summed E-state index contributed by atoms with van der Waals surface area (Å²) >= 11 is 0. The largest absolute Gasteiger partial charge is 0.381 e. The molecule has 0 N–H and O–H groups in total. The molecule has 1 rings (SSSR count). The lowest BCUT2D eigenvalue weighted by Gasteiger charge is -1.97. The van der Waals surface area contributed by atoms with E-state index in [0.29, 0.717) is 0 Å². The van der Waals surface area contributed by atoms with Gasteiger partial charge in [-0.3, -0.25) is 0 Å². The van der Waals surface area contributed by atoms with E-state index < -0.39 is 0 Å². The lowest BCUT2D eigenvalue weighted by molar-refractivity contribution is 0.108. The van der Waals surface area contributed by atoms with Gasteiger partial charge in [-0.05, 0) is 19.3 Å². The predicted octanol–water partition coefficient (Wildman–Crippen LogP) is 1.20. The number of hydrogen-bond acceptors (Lipinski definition) is 2. The van der Waals surface area contributed by atoms with Crippen LogP contribution < -0.4 is 0 Å². The van der Waals surface area contributed by atoms with Gasteiger partial charge in [0, 0.05) is 26.4 Å². The van der Waals surface area contributed by atoms with Gasteiger partial charge in [0.2, 0.25) is 0 Å². The van der Waals surface area contributed by atoms with Crippen LogP contribution in [-0.4, -0.2) is 26.4 Å². The Balaban J connectivity index is 2.02. The minimum absolute atomic E-state index is 0.875. The van der Waals surface area contributed by atoms with Crippen molar-refractivity contribution in [3.05, 3.63) is 0 Å². The molecule has 0 aromatic carbocycles. The van der Waals surface area contributed by atoms with Gasteiger partial charge in [-0.2, -0.15) is 0 Å². The molecule has 9 heavy (non-hydrogen) atoms. The van der Waals surface area contributed by atoms with E-state index in [1.807, 2.05) is 0 Å². The minimum Gasteiger partial charge on any atom is -0.381 e. The molecule has 0 atom stereocenters. The molecule has 1 heterocycles. The SMILES string of the molecule is C1CCOCCCOC1. The highest BCUT2D eigenvalue weighted by Gasteiger charge is 1.95. The number of hydrogen-bond donors (Lipinski definition) is 0. The lowest BCUT2D eigenvalue weighted by atomic mass is 10.3. The Bertz CT molecular complexity index is 35.4. The van der Waals surface area contributed by atoms with Crippen molar-refractivity contribution in [1.29, 1.82) is 0 Å². The maximum Gasteiger partial charge on any atom is 0.0487 e. The normalized spacial score (nSPS) is 24.0. The van der Waals surface area contributed by atoms with Crippen molar-refractivity contribution >= 4 is 0 Å². The van der Waals surface area contributed by atoms with Crippen LogP contribution >= 0.6 is 0 Å². The van der Waals surface area contributed by atoms with Crippen LogP contribution in [0.3, 0.4) is 0 Å². The van der Waals surface area contributed by atoms with Crippen molar-refractivity contribution in [3.8, 4) is 0 Å². The fourth-order valence-electron chi connectivity index (χ4n) is 0.875. The minimum atomic E-state index is 0.875. The Labute approximate surface area is 56.2 Å². The fourth-order valence-corrected chi connectivity index (χ4v) is 0.875. The molecule has 0 saturated carbocycles. The highest BCUT2D eigenvalue weighted by atomic mass is 16.5. The van der Waals surface area contributed by atoms with Gasteiger partial charge in [-0.1, -0.05) is 0 Å². The van der Waals surface area contributed by atoms with Crippen LogP contribution in [0.15, 0.2) is 0 Å². The molecule has 0 aromatic rings. The van der Waals surface area contributed by atoms with Crippen molar-refractivity contribution in [2.75, 3.05) is 26.4 Å². The summed E-state index contributed by atoms with van der Waals surface area (Å²) in [5, 5.41) is 0. The average Bonchev–Trinajstić information content (AvgIpc) is 2.00. The summed E-state index contributed by atoms with van der Waals surface area (Å²) in [7, 11) is 0. The van der Waals surface area contributed by atoms with Crippen LogP contribution in [-0.2, 0) is 9.47 Å². The summed E-state index contributed by atoms with van der Waals surface area (Å²) in [4.78, 5) is 0. The molecule has 1 saturated heterocycles. The Morgan fingerprint density at radius 2 is 1.00 bits per heavy atom. The molecule has 2 nitrogen and oxygen atoms in total. The van der Waals surface area contributed by atoms with Crippen LogP contribution in [0.25, 0.3) is 0 Å². The molecule has 0 amide bonds. The van der Waals surface area contributed by atoms with Crippen molar-refractivity contribution < 1.29 is 9.47 Å². The second-order valence-electron chi connectivity index (χ2n) is 2.29. The number of rotatable bonds is 0. The van der Waals surface area contributed by atoms with Gasteiger partial charge in [0.15, 0.2) is 0 Å². The van der Waals surface area contributed by atoms with Gasteiger partial charge in [0.25, 0.3) is 0 Å². The van der Waals surface area contributed by atoms with Crippen LogP contribution in [0.2, 0.25) is 0 Å². The van der Waals surface area contributed by atoms with Crippen molar-refractivity contribution in [3.63, 3.8) is 0 Å². The Kier molecular flexibility index (Phi) is 3.72. The number of ether oxygens (including phenoxy) is 2. The maximum atomic E-state index is 5.27. The molecule has 0 aromatic heterocycles. The van der Waals surface area contributed by atoms with E-state index in [1.165, 1.54) is 0 Å². The molecule has 54 valence electrons. The van der Waals surface area contributed by atoms with Gasteiger partial charge in [0.05, 0.1) is 0 Å². The molecule has 0 unspecified atom stereocenters. The summed E-state index contributed by atoms with van der Waals surface area (Å²) in [5.41, 5.74) is 0. The Morgan fingerprint density at radius 1 is 0.556 bits per heavy atom. The average molecular weight is 130 g/mol. The first-order valence-corrected chi connectivity index (χ1v) is 3.65. The van der Waals surface area contributed by atoms with Crippen molar-refractivity contribution in [2.45, 2.75) is 19.3 Å². The van der Waals surface area contributed by atoms with Crippen LogP contribution in [0.1, 0.15) is 19.3 Å². The third kappa shape index (κ3) is 3.49. The molecule has 0 aliphatic carbocycles. The van der Waals surface area contributed by atoms with E-state index in [0.717, 1.165) is 45.7 Å². The summed E-state index contributed by atoms with van der Waals surface area (Å²) in [6.07, 6.45) is 3.36. The van der Waals surface area contributed by atoms with E-state index in [4.69, 9.17) is 9.47 Å². The molecule has 1 aliphatic rings. The van der Waals surface area contributed by atoms with Crippen molar-refractivity contribution in [1.82, 2.24) is 0 Å². The summed E-state index contributed by atoms with van der Waals surface area (Å²) < 4.78 is 10.5. The first-order chi connectivity index (χ1) is 4.50. The Morgan fingerprint density at radius 3 is 1.56 bits per heavy atom. The summed E-state index contributed by atoms with van der Waals surface area (Å²) in [6, 6.07) is 0. The summed E-state index contributed by atoms with van der Waals surface area (Å²) in [5.74, 6) is 0. The third-order valence-electron chi connectivity index (χ3n) is 1.40. The standard InChI is InChI=1S/C7H14O2/c1-2-5-9-7-3-6-8-4-1/h1-7H2. The van der Waals surface area contributed by atoms with E-state index >= 15 is 0 Å². The molecule has 0 spiro atoms. The van der Waals surface area contributed by atoms with Gasteiger partial charge >= 0.3 is 0 Å². The summed E-state index contributed by atoms with van der Waals surface area (Å²) in [6.45, 7) is 3.59. The second kappa shape index (κ2) is 4.77. The molecule has 1 aliphatic heterocycles. The first kappa shape index (κ1) is 7.03. The van der Waals surface area contributed by atoms with Crippen LogP contribution in [0.5, 0.6) is 0 Å². The highest BCUT2D eigenvalue weighted by Crippen LogP contribution is 1.96. The lowest BCUT2D eigenvalue weighted by Crippen LogP contribution is -1.97. The zero-order valence-corrected chi connectivity index (χ0v) is 5.77. The third-order valence-corrected chi connectivity index (χ3v) is 1.40. The zero-order chi connectivity index (χ0) is 6.36. The van der Waals surface area contributed by atoms with E-state index in [9.17, 15) is 0 Å². The smallest absolute Gasteiger partial charge is 0.0487 e. The van der Waals surface area contributed by atoms with Crippen molar-refractivity contribution in [2.24, 2.45) is 0 Å². The predicted molar refractivity (Wildman–Crippen MR) is 35.5 cm³/mol. The topological polar surface area (TPSA) is 18.5 Å². The van der Waals surface area contributed by atoms with Crippen LogP contribution in [0.4, 0.5) is 0 Å². The molecular formula is C7H14O2. The van der Waals surface area contributed by atoms with Crippen LogP contribution in [0, 0.1) is 0 Å². The van der Waals surface area contributed by atoms with E-state index in [2.05, 4.69) is 0 Å². The van der Waals surface area contributed by atoms with Gasteiger partial charge in [-0.15, -0.1) is 0 Å². The molecule has 0 radical (unpaired) electrons. The highest BCUT2D eigenvalue weighted by molar-refractivity contribution is 4.43. The van der Waals surface area contributed by atoms with E-state index in [1.54, 1.807) is 0 Å². The van der Waals surface area contributed by atoms with Gasteiger partial charge < -0.3 is 9.47 Å². The first-order valence-electron chi connectivity index (χ1n) is 3.65. The molecule has 0 bridgehead atoms. The quantitative estimate of drug-likeness (QED) is 0.490. The monoisotopic (exact) mass is 130 g/mol. The second-order valence-corrected chi connectivity index (χ2v) is 2.29. The zero-order valence-electron chi connectivity index (χ0n) is 5.77. The maximum absolute atomic E-state index is 5.27. The molecular weight excluding hydrogens is 116 g/mol. The van der Waals surface area contributed by atoms with Gasteiger partial charge in [-0.25, -0.2) is 0 Å².